The van der Waals surface area contributed by atoms with Gasteiger partial charge in [-0.05, 0) is 19.3 Å². The molecule has 0 spiro atoms. The summed E-state index contributed by atoms with van der Waals surface area (Å²) in [5.74, 6) is -1.22. The molecule has 14 heavy (non-hydrogen) atoms. The van der Waals surface area contributed by atoms with E-state index in [1.165, 1.54) is 0 Å². The molecule has 0 saturated carbocycles. The lowest BCUT2D eigenvalue weighted by atomic mass is 10.1. The van der Waals surface area contributed by atoms with Crippen molar-refractivity contribution in [3.63, 3.8) is 0 Å². The summed E-state index contributed by atoms with van der Waals surface area (Å²) in [5, 5.41) is 8.69. The van der Waals surface area contributed by atoms with Gasteiger partial charge in [0.15, 0.2) is 0 Å². The molecule has 1 atom stereocenters. The molecule has 0 bridgehead atoms. The van der Waals surface area contributed by atoms with Gasteiger partial charge in [-0.2, -0.15) is 13.2 Å². The Morgan fingerprint density at radius 3 is 2.14 bits per heavy atom. The van der Waals surface area contributed by atoms with Crippen LogP contribution >= 0.6 is 0 Å². The zero-order valence-corrected chi connectivity index (χ0v) is 7.55. The molecule has 82 valence electrons. The summed E-state index contributed by atoms with van der Waals surface area (Å²) in [7, 11) is 0. The number of alkyl halides is 3. The quantitative estimate of drug-likeness (QED) is 0.700. The number of nitrogens with zero attached hydrogens (tertiary/aromatic N) is 1. The van der Waals surface area contributed by atoms with E-state index < -0.39 is 18.2 Å². The minimum absolute atomic E-state index is 0.311. The fourth-order valence-corrected chi connectivity index (χ4v) is 1.43. The van der Waals surface area contributed by atoms with Gasteiger partial charge in [0, 0.05) is 13.1 Å². The molecule has 0 radical (unpaired) electrons. The lowest BCUT2D eigenvalue weighted by Crippen LogP contribution is -2.48. The molecule has 1 heterocycles. The number of rotatable bonds is 1. The van der Waals surface area contributed by atoms with E-state index in [1.807, 2.05) is 0 Å². The summed E-state index contributed by atoms with van der Waals surface area (Å²) in [6.45, 7) is 0.623. The molecule has 1 saturated heterocycles. The highest BCUT2D eigenvalue weighted by molar-refractivity contribution is 5.81. The van der Waals surface area contributed by atoms with Crippen LogP contribution in [0, 0.1) is 0 Å². The SMILES string of the molecule is O=C([C@@H](O)C(F)(F)F)N1CCCCC1. The smallest absolute Gasteiger partial charge is 0.376 e. The predicted molar refractivity (Wildman–Crippen MR) is 42.5 cm³/mol. The minimum Gasteiger partial charge on any atom is -0.376 e. The first-order valence-electron chi connectivity index (χ1n) is 4.46. The van der Waals surface area contributed by atoms with Crippen molar-refractivity contribution in [3.8, 4) is 0 Å². The van der Waals surface area contributed by atoms with Crippen LogP contribution in [-0.2, 0) is 4.79 Å². The summed E-state index contributed by atoms with van der Waals surface area (Å²) in [5.41, 5.74) is 0. The van der Waals surface area contributed by atoms with Crippen molar-refractivity contribution in [2.75, 3.05) is 13.1 Å². The van der Waals surface area contributed by atoms with Gasteiger partial charge in [-0.15, -0.1) is 0 Å². The average Bonchev–Trinajstić information content (AvgIpc) is 2.15. The Hall–Kier alpha value is -0.780. The van der Waals surface area contributed by atoms with Crippen LogP contribution in [0.25, 0.3) is 0 Å². The third kappa shape index (κ3) is 2.60. The molecule has 1 aliphatic rings. The number of hydrogen-bond donors (Lipinski definition) is 1. The number of piperidine rings is 1. The maximum atomic E-state index is 12.0. The zero-order valence-electron chi connectivity index (χ0n) is 7.55. The fraction of sp³-hybridized carbons (Fsp3) is 0.875. The highest BCUT2D eigenvalue weighted by Crippen LogP contribution is 2.22. The van der Waals surface area contributed by atoms with E-state index in [9.17, 15) is 18.0 Å². The van der Waals surface area contributed by atoms with Crippen LogP contribution in [0.5, 0.6) is 0 Å². The number of halogens is 3. The summed E-state index contributed by atoms with van der Waals surface area (Å²) in [4.78, 5) is 12.2. The number of likely N-dealkylation sites (tertiary alicyclic amines) is 1. The van der Waals surface area contributed by atoms with Crippen molar-refractivity contribution >= 4 is 5.91 Å². The van der Waals surface area contributed by atoms with E-state index in [0.29, 0.717) is 25.9 Å². The van der Waals surface area contributed by atoms with Gasteiger partial charge in [0.05, 0.1) is 0 Å². The Morgan fingerprint density at radius 1 is 1.21 bits per heavy atom. The second kappa shape index (κ2) is 4.16. The number of amides is 1. The summed E-state index contributed by atoms with van der Waals surface area (Å²) >= 11 is 0. The van der Waals surface area contributed by atoms with Gasteiger partial charge in [-0.3, -0.25) is 4.79 Å². The third-order valence-corrected chi connectivity index (χ3v) is 2.21. The lowest BCUT2D eigenvalue weighted by Gasteiger charge is -2.29. The Kier molecular flexibility index (Phi) is 3.36. The molecule has 1 N–H and O–H groups in total. The summed E-state index contributed by atoms with van der Waals surface area (Å²) < 4.78 is 35.9. The highest BCUT2D eigenvalue weighted by atomic mass is 19.4. The molecule has 1 rings (SSSR count). The minimum atomic E-state index is -4.85. The van der Waals surface area contributed by atoms with Crippen LogP contribution in [0.4, 0.5) is 13.2 Å². The molecule has 0 unspecified atom stereocenters. The van der Waals surface area contributed by atoms with Crippen LogP contribution < -0.4 is 0 Å². The topological polar surface area (TPSA) is 40.5 Å². The van der Waals surface area contributed by atoms with Gasteiger partial charge in [0.1, 0.15) is 0 Å². The zero-order chi connectivity index (χ0) is 10.8. The Labute approximate surface area is 79.5 Å². The molecule has 0 aromatic rings. The van der Waals surface area contributed by atoms with Crippen LogP contribution in [0.1, 0.15) is 19.3 Å². The summed E-state index contributed by atoms with van der Waals surface area (Å²) in [6.07, 6.45) is -5.38. The van der Waals surface area contributed by atoms with Gasteiger partial charge >= 0.3 is 6.18 Å². The van der Waals surface area contributed by atoms with E-state index in [4.69, 9.17) is 5.11 Å². The van der Waals surface area contributed by atoms with E-state index in [2.05, 4.69) is 0 Å². The van der Waals surface area contributed by atoms with E-state index >= 15 is 0 Å². The number of hydrogen-bond acceptors (Lipinski definition) is 2. The molecule has 0 aromatic heterocycles. The second-order valence-corrected chi connectivity index (χ2v) is 3.33. The third-order valence-electron chi connectivity index (χ3n) is 2.21. The van der Waals surface area contributed by atoms with E-state index in [-0.39, 0.29) is 0 Å². The molecular formula is C8H12F3NO2. The van der Waals surface area contributed by atoms with Crippen LogP contribution in [0.3, 0.4) is 0 Å². The van der Waals surface area contributed by atoms with E-state index in [1.54, 1.807) is 0 Å². The van der Waals surface area contributed by atoms with Crippen molar-refractivity contribution in [3.05, 3.63) is 0 Å². The van der Waals surface area contributed by atoms with Gasteiger partial charge in [0.2, 0.25) is 6.10 Å². The first-order chi connectivity index (χ1) is 6.43. The van der Waals surface area contributed by atoms with Crippen molar-refractivity contribution in [2.24, 2.45) is 0 Å². The Bertz CT molecular complexity index is 211. The first-order valence-corrected chi connectivity index (χ1v) is 4.46. The number of carbonyl (C=O) groups is 1. The monoisotopic (exact) mass is 211 g/mol. The normalized spacial score (nSPS) is 20.7. The molecule has 6 heteroatoms. The fourth-order valence-electron chi connectivity index (χ4n) is 1.43. The summed E-state index contributed by atoms with van der Waals surface area (Å²) in [6, 6.07) is 0. The van der Waals surface area contributed by atoms with Gasteiger partial charge in [-0.25, -0.2) is 0 Å². The standard InChI is InChI=1S/C8H12F3NO2/c9-8(10,11)6(13)7(14)12-4-2-1-3-5-12/h6,13H,1-5H2/t6-/m1/s1. The Balaban J connectivity index is 2.55. The first kappa shape index (κ1) is 11.3. The van der Waals surface area contributed by atoms with Crippen LogP contribution in [-0.4, -0.2) is 41.3 Å². The lowest BCUT2D eigenvalue weighted by molar-refractivity contribution is -0.211. The van der Waals surface area contributed by atoms with Crippen LogP contribution in [0.15, 0.2) is 0 Å². The largest absolute Gasteiger partial charge is 0.423 e. The van der Waals surface area contributed by atoms with Gasteiger partial charge < -0.3 is 10.0 Å². The van der Waals surface area contributed by atoms with Gasteiger partial charge in [-0.1, -0.05) is 0 Å². The number of aliphatic hydroxyl groups excluding tert-OH is 1. The molecule has 3 nitrogen and oxygen atoms in total. The number of aliphatic hydroxyl groups is 1. The van der Waals surface area contributed by atoms with Crippen molar-refractivity contribution in [1.82, 2.24) is 4.90 Å². The maximum absolute atomic E-state index is 12.0. The molecule has 1 fully saturated rings. The molecule has 0 aliphatic carbocycles. The van der Waals surface area contributed by atoms with Crippen molar-refractivity contribution in [2.45, 2.75) is 31.5 Å². The Morgan fingerprint density at radius 2 is 1.71 bits per heavy atom. The molecule has 1 aliphatic heterocycles. The molecule has 0 aromatic carbocycles. The van der Waals surface area contributed by atoms with Gasteiger partial charge in [0.25, 0.3) is 5.91 Å². The molecular weight excluding hydrogens is 199 g/mol. The van der Waals surface area contributed by atoms with Crippen LogP contribution in [0.2, 0.25) is 0 Å². The predicted octanol–water partition coefficient (Wildman–Crippen LogP) is 0.922. The second-order valence-electron chi connectivity index (χ2n) is 3.33. The van der Waals surface area contributed by atoms with Crippen molar-refractivity contribution in [1.29, 1.82) is 0 Å². The average molecular weight is 211 g/mol. The highest BCUT2D eigenvalue weighted by Gasteiger charge is 2.45. The maximum Gasteiger partial charge on any atom is 0.423 e. The number of carbonyl (C=O) groups excluding carboxylic acids is 1. The molecule has 1 amide bonds. The van der Waals surface area contributed by atoms with Crippen molar-refractivity contribution < 1.29 is 23.1 Å². The van der Waals surface area contributed by atoms with E-state index in [0.717, 1.165) is 11.3 Å².